The van der Waals surface area contributed by atoms with Crippen molar-refractivity contribution in [2.24, 2.45) is 0 Å². The number of ether oxygens (including phenoxy) is 2. The number of carbonyl (C=O) groups is 1. The number of nitrogens with zero attached hydrogens (tertiary/aromatic N) is 4. The maximum absolute atomic E-state index is 12.7. The molecule has 132 valence electrons. The predicted molar refractivity (Wildman–Crippen MR) is 92.5 cm³/mol. The number of anilines is 1. The van der Waals surface area contributed by atoms with Crippen molar-refractivity contribution >= 4 is 17.6 Å². The van der Waals surface area contributed by atoms with Crippen molar-refractivity contribution in [2.45, 2.75) is 46.1 Å². The number of aromatic nitrogens is 3. The van der Waals surface area contributed by atoms with Crippen LogP contribution in [0.4, 0.5) is 10.6 Å². The van der Waals surface area contributed by atoms with Crippen LogP contribution < -0.4 is 4.90 Å². The molecule has 0 aliphatic rings. The van der Waals surface area contributed by atoms with Crippen molar-refractivity contribution in [2.75, 3.05) is 25.2 Å². The van der Waals surface area contributed by atoms with Crippen LogP contribution in [0.1, 0.15) is 46.2 Å². The number of hydrogen-bond acceptors (Lipinski definition) is 5. The largest absolute Gasteiger partial charge is 0.443 e. The number of hydrogen-bond donors (Lipinski definition) is 0. The Morgan fingerprint density at radius 2 is 2.08 bits per heavy atom. The molecule has 2 aromatic rings. The number of rotatable bonds is 5. The van der Waals surface area contributed by atoms with Crippen LogP contribution in [-0.4, -0.2) is 46.6 Å². The van der Waals surface area contributed by atoms with Gasteiger partial charge in [0.05, 0.1) is 19.3 Å². The molecule has 0 aliphatic heterocycles. The van der Waals surface area contributed by atoms with Gasteiger partial charge in [0, 0.05) is 24.9 Å². The highest BCUT2D eigenvalue weighted by Gasteiger charge is 2.26. The summed E-state index contributed by atoms with van der Waals surface area (Å²) >= 11 is 0. The summed E-state index contributed by atoms with van der Waals surface area (Å²) < 4.78 is 12.3. The first-order valence-corrected chi connectivity index (χ1v) is 8.07. The Kier molecular flexibility index (Phi) is 5.43. The Balaban J connectivity index is 2.50. The van der Waals surface area contributed by atoms with Crippen LogP contribution in [0.5, 0.6) is 0 Å². The summed E-state index contributed by atoms with van der Waals surface area (Å²) in [6.45, 7) is 10.4. The molecule has 0 unspecified atom stereocenters. The third kappa shape index (κ3) is 4.23. The smallest absolute Gasteiger partial charge is 0.416 e. The fourth-order valence-electron chi connectivity index (χ4n) is 2.20. The van der Waals surface area contributed by atoms with Crippen LogP contribution in [-0.2, 0) is 9.47 Å². The number of carbonyl (C=O) groups excluding carboxylic acids is 1. The Morgan fingerprint density at radius 3 is 2.67 bits per heavy atom. The van der Waals surface area contributed by atoms with Gasteiger partial charge in [-0.05, 0) is 26.7 Å². The van der Waals surface area contributed by atoms with Crippen molar-refractivity contribution in [3.8, 4) is 0 Å². The fourth-order valence-corrected chi connectivity index (χ4v) is 2.20. The molecule has 0 spiro atoms. The summed E-state index contributed by atoms with van der Waals surface area (Å²) in [5.74, 6) is 0.853. The molecular formula is C17H26N4O3. The Morgan fingerprint density at radius 1 is 1.38 bits per heavy atom. The maximum Gasteiger partial charge on any atom is 0.416 e. The second-order valence-corrected chi connectivity index (χ2v) is 6.92. The molecule has 7 heteroatoms. The molecule has 2 rings (SSSR count). The summed E-state index contributed by atoms with van der Waals surface area (Å²) in [5, 5.41) is 4.29. The number of amides is 1. The van der Waals surface area contributed by atoms with Crippen LogP contribution in [0.15, 0.2) is 18.3 Å². The normalized spacial score (nSPS) is 12.0. The Hall–Kier alpha value is -2.15. The molecule has 2 heterocycles. The van der Waals surface area contributed by atoms with Crippen LogP contribution >= 0.6 is 0 Å². The first kappa shape index (κ1) is 18.2. The van der Waals surface area contributed by atoms with E-state index in [2.05, 4.69) is 23.9 Å². The van der Waals surface area contributed by atoms with E-state index >= 15 is 0 Å². The minimum absolute atomic E-state index is 0.228. The van der Waals surface area contributed by atoms with Gasteiger partial charge in [-0.3, -0.25) is 4.90 Å². The highest BCUT2D eigenvalue weighted by molar-refractivity contribution is 5.87. The topological polar surface area (TPSA) is 69.0 Å². The van der Waals surface area contributed by atoms with E-state index in [1.807, 2.05) is 32.9 Å². The fraction of sp³-hybridized carbons (Fsp3) is 0.588. The van der Waals surface area contributed by atoms with E-state index in [1.54, 1.807) is 22.7 Å². The number of fused-ring (bicyclic) bond motifs is 1. The lowest BCUT2D eigenvalue weighted by Gasteiger charge is -2.27. The SMILES string of the molecule is COCCN(C(=O)OC(C)(C)C)c1cc(C(C)C)nc2ccnn12. The van der Waals surface area contributed by atoms with Gasteiger partial charge in [0.2, 0.25) is 0 Å². The van der Waals surface area contributed by atoms with Gasteiger partial charge >= 0.3 is 6.09 Å². The standard InChI is InChI=1S/C17H26N4O3/c1-12(2)13-11-15(21-14(19-13)7-8-18-21)20(9-10-23-6)16(22)24-17(3,4)5/h7-8,11-12H,9-10H2,1-6H3. The average molecular weight is 334 g/mol. The van der Waals surface area contributed by atoms with Gasteiger partial charge in [-0.2, -0.15) is 9.61 Å². The molecule has 1 amide bonds. The van der Waals surface area contributed by atoms with E-state index in [-0.39, 0.29) is 5.92 Å². The molecule has 0 N–H and O–H groups in total. The lowest BCUT2D eigenvalue weighted by Crippen LogP contribution is -2.40. The highest BCUT2D eigenvalue weighted by atomic mass is 16.6. The highest BCUT2D eigenvalue weighted by Crippen LogP contribution is 2.23. The van der Waals surface area contributed by atoms with Gasteiger partial charge in [0.1, 0.15) is 11.4 Å². The molecule has 2 aromatic heterocycles. The van der Waals surface area contributed by atoms with Crippen molar-refractivity contribution in [1.82, 2.24) is 14.6 Å². The second-order valence-electron chi connectivity index (χ2n) is 6.92. The summed E-state index contributed by atoms with van der Waals surface area (Å²) in [7, 11) is 1.60. The lowest BCUT2D eigenvalue weighted by atomic mass is 10.1. The predicted octanol–water partition coefficient (Wildman–Crippen LogP) is 3.24. The molecule has 0 saturated carbocycles. The summed E-state index contributed by atoms with van der Waals surface area (Å²) in [6.07, 6.45) is 1.23. The Labute approximate surface area is 142 Å². The molecule has 0 aromatic carbocycles. The second kappa shape index (κ2) is 7.17. The summed E-state index contributed by atoms with van der Waals surface area (Å²) in [4.78, 5) is 18.8. The van der Waals surface area contributed by atoms with E-state index in [0.717, 1.165) is 5.69 Å². The van der Waals surface area contributed by atoms with Gasteiger partial charge in [-0.25, -0.2) is 9.78 Å². The quantitative estimate of drug-likeness (QED) is 0.839. The maximum atomic E-state index is 12.7. The molecule has 0 saturated heterocycles. The van der Waals surface area contributed by atoms with E-state index in [4.69, 9.17) is 9.47 Å². The average Bonchev–Trinajstić information content (AvgIpc) is 2.93. The van der Waals surface area contributed by atoms with Crippen LogP contribution in [0, 0.1) is 0 Å². The zero-order chi connectivity index (χ0) is 17.9. The molecular weight excluding hydrogens is 308 g/mol. The van der Waals surface area contributed by atoms with Crippen LogP contribution in [0.3, 0.4) is 0 Å². The first-order chi connectivity index (χ1) is 11.2. The van der Waals surface area contributed by atoms with E-state index in [1.165, 1.54) is 0 Å². The molecule has 24 heavy (non-hydrogen) atoms. The van der Waals surface area contributed by atoms with E-state index in [9.17, 15) is 4.79 Å². The number of methoxy groups -OCH3 is 1. The van der Waals surface area contributed by atoms with Gasteiger partial charge in [-0.15, -0.1) is 0 Å². The first-order valence-electron chi connectivity index (χ1n) is 8.07. The van der Waals surface area contributed by atoms with Crippen LogP contribution in [0.2, 0.25) is 0 Å². The third-order valence-electron chi connectivity index (χ3n) is 3.36. The van der Waals surface area contributed by atoms with Crippen molar-refractivity contribution in [3.63, 3.8) is 0 Å². The molecule has 0 fully saturated rings. The molecule has 0 aliphatic carbocycles. The molecule has 0 bridgehead atoms. The van der Waals surface area contributed by atoms with Crippen molar-refractivity contribution < 1.29 is 14.3 Å². The van der Waals surface area contributed by atoms with Gasteiger partial charge in [-0.1, -0.05) is 13.8 Å². The monoisotopic (exact) mass is 334 g/mol. The molecule has 0 radical (unpaired) electrons. The zero-order valence-corrected chi connectivity index (χ0v) is 15.2. The zero-order valence-electron chi connectivity index (χ0n) is 15.2. The molecule has 7 nitrogen and oxygen atoms in total. The van der Waals surface area contributed by atoms with Gasteiger partial charge < -0.3 is 9.47 Å². The summed E-state index contributed by atoms with van der Waals surface area (Å²) in [5.41, 5.74) is 1.01. The minimum Gasteiger partial charge on any atom is -0.443 e. The van der Waals surface area contributed by atoms with E-state index in [0.29, 0.717) is 24.6 Å². The van der Waals surface area contributed by atoms with Crippen molar-refractivity contribution in [3.05, 3.63) is 24.0 Å². The van der Waals surface area contributed by atoms with Gasteiger partial charge in [0.25, 0.3) is 0 Å². The van der Waals surface area contributed by atoms with Crippen LogP contribution in [0.25, 0.3) is 5.65 Å². The third-order valence-corrected chi connectivity index (χ3v) is 3.36. The summed E-state index contributed by atoms with van der Waals surface area (Å²) in [6, 6.07) is 3.70. The van der Waals surface area contributed by atoms with E-state index < -0.39 is 11.7 Å². The van der Waals surface area contributed by atoms with Crippen molar-refractivity contribution in [1.29, 1.82) is 0 Å². The minimum atomic E-state index is -0.584. The Bertz CT molecular complexity index is 703. The van der Waals surface area contributed by atoms with Gasteiger partial charge in [0.15, 0.2) is 5.65 Å². The molecule has 0 atom stereocenters. The lowest BCUT2D eigenvalue weighted by molar-refractivity contribution is 0.0567.